The quantitative estimate of drug-likeness (QED) is 0.785. The molecular weight excluding hydrogens is 248 g/mol. The molecule has 1 aliphatic rings. The number of amides is 1. The van der Waals surface area contributed by atoms with Gasteiger partial charge in [-0.3, -0.25) is 4.79 Å². The lowest BCUT2D eigenvalue weighted by molar-refractivity contribution is 0.0729. The predicted octanol–water partition coefficient (Wildman–Crippen LogP) is 1.32. The van der Waals surface area contributed by atoms with E-state index in [4.69, 9.17) is 5.73 Å². The molecule has 0 spiro atoms. The minimum atomic E-state index is -0.0716. The van der Waals surface area contributed by atoms with Crippen LogP contribution in [0.2, 0.25) is 0 Å². The van der Waals surface area contributed by atoms with E-state index in [-0.39, 0.29) is 5.91 Å². The van der Waals surface area contributed by atoms with Gasteiger partial charge in [0.2, 0.25) is 0 Å². The van der Waals surface area contributed by atoms with Crippen molar-refractivity contribution in [1.29, 1.82) is 0 Å². The summed E-state index contributed by atoms with van der Waals surface area (Å²) < 4.78 is 3.72. The van der Waals surface area contributed by atoms with Crippen molar-refractivity contribution in [1.82, 2.24) is 14.5 Å². The Labute approximate surface area is 108 Å². The highest BCUT2D eigenvalue weighted by Gasteiger charge is 2.24. The first-order chi connectivity index (χ1) is 8.75. The lowest BCUT2D eigenvalue weighted by atomic mass is 9.98. The molecule has 6 heteroatoms. The molecule has 0 unspecified atom stereocenters. The van der Waals surface area contributed by atoms with E-state index in [1.54, 1.807) is 10.3 Å². The summed E-state index contributed by atoms with van der Waals surface area (Å²) in [7, 11) is 0. The number of nitrogens with zero attached hydrogens (tertiary/aromatic N) is 3. The molecule has 2 aromatic rings. The molecule has 1 aromatic heterocycles. The fourth-order valence-corrected chi connectivity index (χ4v) is 2.63. The van der Waals surface area contributed by atoms with Gasteiger partial charge in [0.15, 0.2) is 5.69 Å². The van der Waals surface area contributed by atoms with Crippen LogP contribution in [0, 0.1) is 0 Å². The molecule has 0 saturated heterocycles. The van der Waals surface area contributed by atoms with E-state index >= 15 is 0 Å². The zero-order valence-corrected chi connectivity index (χ0v) is 10.5. The molecule has 2 heterocycles. The van der Waals surface area contributed by atoms with Crippen molar-refractivity contribution in [3.63, 3.8) is 0 Å². The Morgan fingerprint density at radius 2 is 2.33 bits per heavy atom. The minimum absolute atomic E-state index is 0.0716. The van der Waals surface area contributed by atoms with Crippen LogP contribution in [0.3, 0.4) is 0 Å². The van der Waals surface area contributed by atoms with Crippen LogP contribution in [0.1, 0.15) is 21.6 Å². The van der Waals surface area contributed by atoms with Crippen LogP contribution in [-0.2, 0) is 13.0 Å². The lowest BCUT2D eigenvalue weighted by Gasteiger charge is -2.29. The fourth-order valence-electron chi connectivity index (χ4n) is 2.20. The van der Waals surface area contributed by atoms with Gasteiger partial charge in [0.1, 0.15) is 0 Å². The van der Waals surface area contributed by atoms with Crippen LogP contribution in [0.25, 0.3) is 0 Å². The lowest BCUT2D eigenvalue weighted by Crippen LogP contribution is -2.36. The van der Waals surface area contributed by atoms with E-state index in [1.807, 2.05) is 12.1 Å². The molecule has 0 radical (unpaired) electrons. The zero-order chi connectivity index (χ0) is 12.5. The highest BCUT2D eigenvalue weighted by Crippen LogP contribution is 2.25. The van der Waals surface area contributed by atoms with Crippen LogP contribution in [0.5, 0.6) is 0 Å². The zero-order valence-electron chi connectivity index (χ0n) is 9.67. The van der Waals surface area contributed by atoms with Gasteiger partial charge in [-0.25, -0.2) is 0 Å². The van der Waals surface area contributed by atoms with Crippen molar-refractivity contribution in [3.8, 4) is 0 Å². The van der Waals surface area contributed by atoms with Crippen molar-refractivity contribution >= 4 is 23.1 Å². The van der Waals surface area contributed by atoms with Crippen molar-refractivity contribution in [2.24, 2.45) is 0 Å². The largest absolute Gasteiger partial charge is 0.398 e. The van der Waals surface area contributed by atoms with Crippen molar-refractivity contribution in [2.75, 3.05) is 12.3 Å². The summed E-state index contributed by atoms with van der Waals surface area (Å²) in [6.07, 6.45) is 0.837. The number of carbonyl (C=O) groups excluding carboxylic acids is 1. The van der Waals surface area contributed by atoms with E-state index in [9.17, 15) is 4.79 Å². The molecule has 3 rings (SSSR count). The summed E-state index contributed by atoms with van der Waals surface area (Å²) in [5, 5.41) is 5.49. The number of carbonyl (C=O) groups is 1. The molecule has 0 saturated carbocycles. The van der Waals surface area contributed by atoms with Gasteiger partial charge >= 0.3 is 0 Å². The smallest absolute Gasteiger partial charge is 0.275 e. The predicted molar refractivity (Wildman–Crippen MR) is 69.2 cm³/mol. The molecule has 0 fully saturated rings. The molecule has 92 valence electrons. The van der Waals surface area contributed by atoms with Crippen LogP contribution >= 0.6 is 11.5 Å². The number of fused-ring (bicyclic) bond motifs is 1. The topological polar surface area (TPSA) is 72.1 Å². The number of aromatic nitrogens is 2. The number of anilines is 1. The normalized spacial score (nSPS) is 14.3. The van der Waals surface area contributed by atoms with Crippen molar-refractivity contribution < 1.29 is 4.79 Å². The average molecular weight is 260 g/mol. The Balaban J connectivity index is 1.87. The summed E-state index contributed by atoms with van der Waals surface area (Å²) >= 11 is 1.19. The maximum atomic E-state index is 12.2. The Morgan fingerprint density at radius 1 is 1.44 bits per heavy atom. The van der Waals surface area contributed by atoms with Gasteiger partial charge in [-0.05, 0) is 35.1 Å². The Bertz CT molecular complexity index is 582. The third-order valence-electron chi connectivity index (χ3n) is 3.18. The highest BCUT2D eigenvalue weighted by atomic mass is 32.1. The summed E-state index contributed by atoms with van der Waals surface area (Å²) in [6, 6.07) is 5.89. The second-order valence-corrected chi connectivity index (χ2v) is 4.86. The molecule has 2 N–H and O–H groups in total. The summed E-state index contributed by atoms with van der Waals surface area (Å²) in [5.74, 6) is -0.0716. The number of rotatable bonds is 1. The number of benzene rings is 1. The molecule has 0 bridgehead atoms. The van der Waals surface area contributed by atoms with E-state index in [2.05, 4.69) is 15.7 Å². The Kier molecular flexibility index (Phi) is 2.71. The second kappa shape index (κ2) is 4.38. The van der Waals surface area contributed by atoms with Crippen LogP contribution in [0.15, 0.2) is 23.6 Å². The third-order valence-corrected chi connectivity index (χ3v) is 3.68. The summed E-state index contributed by atoms with van der Waals surface area (Å²) in [4.78, 5) is 13.9. The fraction of sp³-hybridized carbons (Fsp3) is 0.250. The van der Waals surface area contributed by atoms with Crippen LogP contribution in [0.4, 0.5) is 5.69 Å². The molecule has 18 heavy (non-hydrogen) atoms. The molecule has 1 aromatic carbocycles. The SMILES string of the molecule is Nc1cccc2c1CN(C(=O)c1csnn1)CC2. The standard InChI is InChI=1S/C12H12N4OS/c13-10-3-1-2-8-4-5-16(6-9(8)10)12(17)11-7-18-15-14-11/h1-3,7H,4-6,13H2. The molecule has 0 aliphatic carbocycles. The monoisotopic (exact) mass is 260 g/mol. The van der Waals surface area contributed by atoms with E-state index < -0.39 is 0 Å². The first kappa shape index (κ1) is 11.2. The van der Waals surface area contributed by atoms with E-state index in [0.29, 0.717) is 18.8 Å². The first-order valence-electron chi connectivity index (χ1n) is 5.68. The molecule has 5 nitrogen and oxygen atoms in total. The molecule has 1 amide bonds. The third kappa shape index (κ3) is 1.84. The van der Waals surface area contributed by atoms with E-state index in [0.717, 1.165) is 17.7 Å². The van der Waals surface area contributed by atoms with Gasteiger partial charge in [-0.2, -0.15) is 0 Å². The second-order valence-electron chi connectivity index (χ2n) is 4.25. The number of nitrogen functional groups attached to an aromatic ring is 1. The molecular formula is C12H12N4OS. The average Bonchev–Trinajstić information content (AvgIpc) is 2.92. The van der Waals surface area contributed by atoms with Gasteiger partial charge in [0, 0.05) is 24.2 Å². The number of nitrogens with two attached hydrogens (primary N) is 1. The van der Waals surface area contributed by atoms with Gasteiger partial charge in [-0.15, -0.1) is 5.10 Å². The highest BCUT2D eigenvalue weighted by molar-refractivity contribution is 7.03. The van der Waals surface area contributed by atoms with Crippen molar-refractivity contribution in [3.05, 3.63) is 40.4 Å². The minimum Gasteiger partial charge on any atom is -0.398 e. The van der Waals surface area contributed by atoms with Gasteiger partial charge in [-0.1, -0.05) is 16.6 Å². The summed E-state index contributed by atoms with van der Waals surface area (Å²) in [5.41, 5.74) is 9.41. The van der Waals surface area contributed by atoms with E-state index in [1.165, 1.54) is 17.1 Å². The first-order valence-corrected chi connectivity index (χ1v) is 6.52. The van der Waals surface area contributed by atoms with Crippen LogP contribution in [-0.4, -0.2) is 26.9 Å². The van der Waals surface area contributed by atoms with Gasteiger partial charge < -0.3 is 10.6 Å². The maximum absolute atomic E-state index is 12.2. The van der Waals surface area contributed by atoms with Crippen LogP contribution < -0.4 is 5.73 Å². The number of hydrogen-bond acceptors (Lipinski definition) is 5. The van der Waals surface area contributed by atoms with Gasteiger partial charge in [0.05, 0.1) is 0 Å². The maximum Gasteiger partial charge on any atom is 0.275 e. The molecule has 1 aliphatic heterocycles. The van der Waals surface area contributed by atoms with Crippen molar-refractivity contribution in [2.45, 2.75) is 13.0 Å². The molecule has 0 atom stereocenters. The Hall–Kier alpha value is -1.95. The number of hydrogen-bond donors (Lipinski definition) is 1. The Morgan fingerprint density at radius 3 is 3.11 bits per heavy atom. The summed E-state index contributed by atoms with van der Waals surface area (Å²) in [6.45, 7) is 1.26. The van der Waals surface area contributed by atoms with Gasteiger partial charge in [0.25, 0.3) is 5.91 Å².